The number of rotatable bonds is 2. The Morgan fingerprint density at radius 2 is 2.00 bits per heavy atom. The van der Waals surface area contributed by atoms with E-state index in [9.17, 15) is 0 Å². The summed E-state index contributed by atoms with van der Waals surface area (Å²) >= 11 is 3.56. The summed E-state index contributed by atoms with van der Waals surface area (Å²) in [7, 11) is 3.49. The summed E-state index contributed by atoms with van der Waals surface area (Å²) < 4.78 is 8.12. The average molecular weight is 310 g/mol. The molecule has 1 heterocycles. The van der Waals surface area contributed by atoms with E-state index in [1.54, 1.807) is 18.0 Å². The second-order valence-electron chi connectivity index (χ2n) is 4.30. The Kier molecular flexibility index (Phi) is 3.34. The third-order valence-electron chi connectivity index (χ3n) is 3.06. The zero-order chi connectivity index (χ0) is 13.4. The van der Waals surface area contributed by atoms with E-state index in [-0.39, 0.29) is 0 Å². The largest absolute Gasteiger partial charge is 0.495 e. The van der Waals surface area contributed by atoms with Crippen molar-refractivity contribution in [3.63, 3.8) is 0 Å². The number of nitrogens with zero attached hydrogens (tertiary/aromatic N) is 2. The molecule has 0 amide bonds. The summed E-state index contributed by atoms with van der Waals surface area (Å²) in [6, 6.07) is 2.11. The second kappa shape index (κ2) is 4.65. The van der Waals surface area contributed by atoms with E-state index in [0.29, 0.717) is 5.82 Å². The molecule has 0 aliphatic heterocycles. The van der Waals surface area contributed by atoms with E-state index < -0.39 is 0 Å². The molecule has 1 aromatic carbocycles. The first kappa shape index (κ1) is 13.0. The highest BCUT2D eigenvalue weighted by Crippen LogP contribution is 2.42. The highest BCUT2D eigenvalue weighted by Gasteiger charge is 2.18. The molecule has 2 aromatic rings. The summed E-state index contributed by atoms with van der Waals surface area (Å²) in [4.78, 5) is 0. The molecule has 0 aliphatic rings. The Morgan fingerprint density at radius 3 is 2.50 bits per heavy atom. The highest BCUT2D eigenvalue weighted by atomic mass is 79.9. The molecular weight excluding hydrogens is 294 g/mol. The van der Waals surface area contributed by atoms with Crippen molar-refractivity contribution in [1.82, 2.24) is 9.78 Å². The molecule has 0 aliphatic carbocycles. The van der Waals surface area contributed by atoms with Gasteiger partial charge in [-0.05, 0) is 40.9 Å². The standard InChI is InChI=1S/C13H16BrN3O/c1-7-5-8(2)11(14)12(18-4)10(7)9-6-16-17(3)13(9)15/h5-6H,15H2,1-4H3. The molecule has 0 saturated heterocycles. The molecule has 2 N–H and O–H groups in total. The van der Waals surface area contributed by atoms with Gasteiger partial charge in [-0.15, -0.1) is 0 Å². The van der Waals surface area contributed by atoms with E-state index in [2.05, 4.69) is 27.1 Å². The lowest BCUT2D eigenvalue weighted by atomic mass is 9.99. The lowest BCUT2D eigenvalue weighted by molar-refractivity contribution is 0.413. The van der Waals surface area contributed by atoms with Gasteiger partial charge in [0.05, 0.1) is 17.8 Å². The highest BCUT2D eigenvalue weighted by molar-refractivity contribution is 9.10. The van der Waals surface area contributed by atoms with Crippen LogP contribution >= 0.6 is 15.9 Å². The van der Waals surface area contributed by atoms with Crippen molar-refractivity contribution in [2.75, 3.05) is 12.8 Å². The number of anilines is 1. The SMILES string of the molecule is COc1c(Br)c(C)cc(C)c1-c1cnn(C)c1N. The van der Waals surface area contributed by atoms with Gasteiger partial charge in [0.15, 0.2) is 0 Å². The predicted molar refractivity (Wildman–Crippen MR) is 76.8 cm³/mol. The van der Waals surface area contributed by atoms with Gasteiger partial charge in [-0.3, -0.25) is 4.68 Å². The third kappa shape index (κ3) is 1.88. The van der Waals surface area contributed by atoms with E-state index in [1.807, 2.05) is 20.9 Å². The minimum absolute atomic E-state index is 0.632. The van der Waals surface area contributed by atoms with Crippen molar-refractivity contribution in [1.29, 1.82) is 0 Å². The number of nitrogens with two attached hydrogens (primary N) is 1. The van der Waals surface area contributed by atoms with Gasteiger partial charge in [0.2, 0.25) is 0 Å². The first-order valence-corrected chi connectivity index (χ1v) is 6.38. The Bertz CT molecular complexity index is 605. The maximum absolute atomic E-state index is 6.04. The number of aromatic nitrogens is 2. The summed E-state index contributed by atoms with van der Waals surface area (Å²) in [5, 5.41) is 4.18. The molecular formula is C13H16BrN3O. The number of aryl methyl sites for hydroxylation is 3. The number of hydrogen-bond acceptors (Lipinski definition) is 3. The maximum Gasteiger partial charge on any atom is 0.141 e. The van der Waals surface area contributed by atoms with E-state index in [0.717, 1.165) is 32.5 Å². The lowest BCUT2D eigenvalue weighted by Gasteiger charge is -2.15. The van der Waals surface area contributed by atoms with Crippen LogP contribution in [0.2, 0.25) is 0 Å². The normalized spacial score (nSPS) is 10.7. The fourth-order valence-corrected chi connectivity index (χ4v) is 2.57. The molecule has 0 spiro atoms. The zero-order valence-electron chi connectivity index (χ0n) is 10.9. The average Bonchev–Trinajstić information content (AvgIpc) is 2.65. The van der Waals surface area contributed by atoms with Crippen LogP contribution in [-0.4, -0.2) is 16.9 Å². The van der Waals surface area contributed by atoms with Crippen LogP contribution in [-0.2, 0) is 7.05 Å². The van der Waals surface area contributed by atoms with Crippen LogP contribution in [0.4, 0.5) is 5.82 Å². The number of benzene rings is 1. The predicted octanol–water partition coefficient (Wildman–Crippen LogP) is 3.06. The van der Waals surface area contributed by atoms with Gasteiger partial charge in [0.1, 0.15) is 11.6 Å². The van der Waals surface area contributed by atoms with Crippen LogP contribution in [0.1, 0.15) is 11.1 Å². The van der Waals surface area contributed by atoms with Gasteiger partial charge < -0.3 is 10.5 Å². The molecule has 0 radical (unpaired) electrons. The van der Waals surface area contributed by atoms with Gasteiger partial charge in [-0.25, -0.2) is 0 Å². The van der Waals surface area contributed by atoms with E-state index in [4.69, 9.17) is 10.5 Å². The monoisotopic (exact) mass is 309 g/mol. The molecule has 0 saturated carbocycles. The van der Waals surface area contributed by atoms with E-state index >= 15 is 0 Å². The van der Waals surface area contributed by atoms with Crippen LogP contribution in [0.3, 0.4) is 0 Å². The topological polar surface area (TPSA) is 53.1 Å². The molecule has 4 nitrogen and oxygen atoms in total. The summed E-state index contributed by atoms with van der Waals surface area (Å²) in [6.07, 6.45) is 1.77. The number of methoxy groups -OCH3 is 1. The van der Waals surface area contributed by atoms with Gasteiger partial charge in [0.25, 0.3) is 0 Å². The minimum Gasteiger partial charge on any atom is -0.495 e. The Morgan fingerprint density at radius 1 is 1.33 bits per heavy atom. The molecule has 1 aromatic heterocycles. The van der Waals surface area contributed by atoms with Crippen molar-refractivity contribution >= 4 is 21.7 Å². The summed E-state index contributed by atoms with van der Waals surface area (Å²) in [5.74, 6) is 1.43. The van der Waals surface area contributed by atoms with Crippen molar-refractivity contribution in [3.05, 3.63) is 27.9 Å². The second-order valence-corrected chi connectivity index (χ2v) is 5.09. The zero-order valence-corrected chi connectivity index (χ0v) is 12.5. The summed E-state index contributed by atoms with van der Waals surface area (Å²) in [5.41, 5.74) is 10.2. The quantitative estimate of drug-likeness (QED) is 0.927. The van der Waals surface area contributed by atoms with Crippen LogP contribution in [0.5, 0.6) is 5.75 Å². The first-order chi connectivity index (χ1) is 8.47. The fourth-order valence-electron chi connectivity index (χ4n) is 2.09. The number of halogens is 1. The molecule has 2 rings (SSSR count). The Hall–Kier alpha value is -1.49. The van der Waals surface area contributed by atoms with Crippen LogP contribution < -0.4 is 10.5 Å². The molecule has 0 bridgehead atoms. The smallest absolute Gasteiger partial charge is 0.141 e. The minimum atomic E-state index is 0.632. The number of ether oxygens (including phenoxy) is 1. The third-order valence-corrected chi connectivity index (χ3v) is 4.04. The first-order valence-electron chi connectivity index (χ1n) is 5.59. The van der Waals surface area contributed by atoms with Gasteiger partial charge in [0, 0.05) is 18.2 Å². The number of hydrogen-bond donors (Lipinski definition) is 1. The van der Waals surface area contributed by atoms with Gasteiger partial charge in [-0.2, -0.15) is 5.10 Å². The lowest BCUT2D eigenvalue weighted by Crippen LogP contribution is -2.00. The van der Waals surface area contributed by atoms with Crippen LogP contribution in [0.15, 0.2) is 16.7 Å². The van der Waals surface area contributed by atoms with E-state index in [1.165, 1.54) is 0 Å². The molecule has 0 unspecified atom stereocenters. The molecule has 96 valence electrons. The van der Waals surface area contributed by atoms with Crippen LogP contribution in [0, 0.1) is 13.8 Å². The Labute approximate surface area is 115 Å². The Balaban J connectivity index is 2.78. The summed E-state index contributed by atoms with van der Waals surface area (Å²) in [6.45, 7) is 4.08. The van der Waals surface area contributed by atoms with Crippen LogP contribution in [0.25, 0.3) is 11.1 Å². The van der Waals surface area contributed by atoms with Crippen molar-refractivity contribution in [2.45, 2.75) is 13.8 Å². The van der Waals surface area contributed by atoms with Crippen molar-refractivity contribution in [2.24, 2.45) is 7.05 Å². The number of nitrogen functional groups attached to an aromatic ring is 1. The molecule has 0 fully saturated rings. The molecule has 0 atom stereocenters. The fraction of sp³-hybridized carbons (Fsp3) is 0.308. The maximum atomic E-state index is 6.04. The molecule has 5 heteroatoms. The van der Waals surface area contributed by atoms with Crippen molar-refractivity contribution < 1.29 is 4.74 Å². The van der Waals surface area contributed by atoms with Gasteiger partial charge in [-0.1, -0.05) is 6.07 Å². The van der Waals surface area contributed by atoms with Crippen molar-refractivity contribution in [3.8, 4) is 16.9 Å². The molecule has 18 heavy (non-hydrogen) atoms. The van der Waals surface area contributed by atoms with Gasteiger partial charge >= 0.3 is 0 Å².